The predicted octanol–water partition coefficient (Wildman–Crippen LogP) is 1.39. The highest BCUT2D eigenvalue weighted by molar-refractivity contribution is 7.99. The summed E-state index contributed by atoms with van der Waals surface area (Å²) in [5.41, 5.74) is 0.396. The minimum atomic E-state index is 0.204. The Labute approximate surface area is 102 Å². The van der Waals surface area contributed by atoms with Gasteiger partial charge in [-0.25, -0.2) is 0 Å². The highest BCUT2D eigenvalue weighted by atomic mass is 32.2. The monoisotopic (exact) mass is 242 g/mol. The first-order valence-corrected chi connectivity index (χ1v) is 7.34. The van der Waals surface area contributed by atoms with Gasteiger partial charge in [-0.2, -0.15) is 11.8 Å². The Bertz CT molecular complexity index is 258. The lowest BCUT2D eigenvalue weighted by atomic mass is 9.81. The second-order valence-corrected chi connectivity index (χ2v) is 6.72. The molecule has 2 aliphatic rings. The van der Waals surface area contributed by atoms with E-state index in [2.05, 4.69) is 24.5 Å². The van der Waals surface area contributed by atoms with Crippen molar-refractivity contribution in [3.63, 3.8) is 0 Å². The molecule has 2 rings (SSSR count). The number of rotatable bonds is 2. The molecular formula is C12H22N2OS. The molecule has 0 aromatic rings. The Kier molecular flexibility index (Phi) is 3.80. The zero-order chi connectivity index (χ0) is 11.6. The van der Waals surface area contributed by atoms with Gasteiger partial charge in [-0.15, -0.1) is 0 Å². The van der Waals surface area contributed by atoms with E-state index in [4.69, 9.17) is 0 Å². The van der Waals surface area contributed by atoms with E-state index in [1.165, 1.54) is 17.9 Å². The number of carbonyl (C=O) groups is 1. The fourth-order valence-corrected chi connectivity index (χ4v) is 3.99. The maximum atomic E-state index is 11.1. The van der Waals surface area contributed by atoms with Crippen LogP contribution in [-0.4, -0.2) is 36.0 Å². The van der Waals surface area contributed by atoms with Gasteiger partial charge in [-0.1, -0.05) is 13.8 Å². The van der Waals surface area contributed by atoms with Crippen molar-refractivity contribution in [2.45, 2.75) is 45.2 Å². The predicted molar refractivity (Wildman–Crippen MR) is 68.7 cm³/mol. The molecule has 0 spiro atoms. The summed E-state index contributed by atoms with van der Waals surface area (Å²) in [7, 11) is 0. The molecule has 1 amide bonds. The first-order chi connectivity index (χ1) is 7.58. The molecule has 0 aliphatic carbocycles. The lowest BCUT2D eigenvalue weighted by Gasteiger charge is -2.41. The lowest BCUT2D eigenvalue weighted by molar-refractivity contribution is -0.122. The van der Waals surface area contributed by atoms with Crippen molar-refractivity contribution >= 4 is 17.7 Å². The number of hydrogen-bond donors (Lipinski definition) is 2. The standard InChI is InChI=1S/C12H22N2OS/c1-12(2)5-6-16-8-10(12)14-9-3-4-11(15)13-7-9/h9-10,14H,3-8H2,1-2H3,(H,13,15). The SMILES string of the molecule is CC1(C)CCSCC1NC1CCC(=O)NC1. The molecule has 2 atom stereocenters. The second kappa shape index (κ2) is 4.96. The molecule has 4 heteroatoms. The normalized spacial score (nSPS) is 34.5. The number of amides is 1. The van der Waals surface area contributed by atoms with Gasteiger partial charge in [0.05, 0.1) is 0 Å². The zero-order valence-electron chi connectivity index (χ0n) is 10.2. The molecule has 16 heavy (non-hydrogen) atoms. The number of nitrogens with one attached hydrogen (secondary N) is 2. The third-order valence-corrected chi connectivity index (χ3v) is 4.88. The van der Waals surface area contributed by atoms with Gasteiger partial charge in [-0.3, -0.25) is 4.79 Å². The molecule has 0 radical (unpaired) electrons. The van der Waals surface area contributed by atoms with Crippen LogP contribution in [-0.2, 0) is 4.79 Å². The van der Waals surface area contributed by atoms with Crippen LogP contribution in [0.3, 0.4) is 0 Å². The topological polar surface area (TPSA) is 41.1 Å². The van der Waals surface area contributed by atoms with Gasteiger partial charge in [0.2, 0.25) is 5.91 Å². The van der Waals surface area contributed by atoms with Crippen LogP contribution in [0.1, 0.15) is 33.1 Å². The molecule has 0 bridgehead atoms. The number of piperidine rings is 1. The Hall–Kier alpha value is -0.220. The average Bonchev–Trinajstić information content (AvgIpc) is 2.24. The van der Waals surface area contributed by atoms with E-state index in [0.29, 0.717) is 23.9 Å². The summed E-state index contributed by atoms with van der Waals surface area (Å²) in [6.45, 7) is 5.51. The fourth-order valence-electron chi connectivity index (χ4n) is 2.37. The van der Waals surface area contributed by atoms with Crippen molar-refractivity contribution in [1.29, 1.82) is 0 Å². The van der Waals surface area contributed by atoms with Crippen LogP contribution >= 0.6 is 11.8 Å². The lowest BCUT2D eigenvalue weighted by Crippen LogP contribution is -2.55. The zero-order valence-corrected chi connectivity index (χ0v) is 11.0. The summed E-state index contributed by atoms with van der Waals surface area (Å²) in [6.07, 6.45) is 2.95. The molecular weight excluding hydrogens is 220 g/mol. The Morgan fingerprint density at radius 1 is 1.50 bits per heavy atom. The van der Waals surface area contributed by atoms with Crippen molar-refractivity contribution in [3.8, 4) is 0 Å². The maximum Gasteiger partial charge on any atom is 0.220 e. The third-order valence-electron chi connectivity index (χ3n) is 3.82. The van der Waals surface area contributed by atoms with E-state index in [0.717, 1.165) is 13.0 Å². The minimum Gasteiger partial charge on any atom is -0.355 e. The van der Waals surface area contributed by atoms with Gasteiger partial charge in [-0.05, 0) is 24.0 Å². The Morgan fingerprint density at radius 3 is 2.94 bits per heavy atom. The summed E-state index contributed by atoms with van der Waals surface area (Å²) < 4.78 is 0. The van der Waals surface area contributed by atoms with E-state index in [9.17, 15) is 4.79 Å². The van der Waals surface area contributed by atoms with Crippen LogP contribution < -0.4 is 10.6 Å². The molecule has 0 saturated carbocycles. The molecule has 0 aromatic carbocycles. The van der Waals surface area contributed by atoms with Crippen LogP contribution in [0.15, 0.2) is 0 Å². The number of hydrogen-bond acceptors (Lipinski definition) is 3. The van der Waals surface area contributed by atoms with Crippen molar-refractivity contribution in [2.75, 3.05) is 18.1 Å². The van der Waals surface area contributed by atoms with Gasteiger partial charge in [0.25, 0.3) is 0 Å². The highest BCUT2D eigenvalue weighted by Gasteiger charge is 2.34. The van der Waals surface area contributed by atoms with E-state index >= 15 is 0 Å². The largest absolute Gasteiger partial charge is 0.355 e. The fraction of sp³-hybridized carbons (Fsp3) is 0.917. The summed E-state index contributed by atoms with van der Waals surface area (Å²) in [6, 6.07) is 1.06. The third kappa shape index (κ3) is 2.92. The molecule has 0 aromatic heterocycles. The van der Waals surface area contributed by atoms with Crippen molar-refractivity contribution in [1.82, 2.24) is 10.6 Å². The molecule has 2 saturated heterocycles. The quantitative estimate of drug-likeness (QED) is 0.769. The number of carbonyl (C=O) groups excluding carboxylic acids is 1. The van der Waals surface area contributed by atoms with E-state index in [-0.39, 0.29) is 5.91 Å². The van der Waals surface area contributed by atoms with Gasteiger partial charge >= 0.3 is 0 Å². The van der Waals surface area contributed by atoms with Crippen molar-refractivity contribution < 1.29 is 4.79 Å². The van der Waals surface area contributed by atoms with E-state index in [1.807, 2.05) is 11.8 Å². The summed E-state index contributed by atoms with van der Waals surface area (Å²) >= 11 is 2.04. The average molecular weight is 242 g/mol. The van der Waals surface area contributed by atoms with Crippen LogP contribution in [0, 0.1) is 5.41 Å². The minimum absolute atomic E-state index is 0.204. The first kappa shape index (κ1) is 12.2. The summed E-state index contributed by atoms with van der Waals surface area (Å²) in [5.74, 6) is 2.69. The molecule has 2 unspecified atom stereocenters. The molecule has 2 heterocycles. The molecule has 2 fully saturated rings. The van der Waals surface area contributed by atoms with Crippen molar-refractivity contribution in [3.05, 3.63) is 0 Å². The van der Waals surface area contributed by atoms with E-state index < -0.39 is 0 Å². The molecule has 3 nitrogen and oxygen atoms in total. The van der Waals surface area contributed by atoms with Crippen LogP contribution in [0.25, 0.3) is 0 Å². The van der Waals surface area contributed by atoms with Gasteiger partial charge in [0.1, 0.15) is 0 Å². The van der Waals surface area contributed by atoms with Gasteiger partial charge < -0.3 is 10.6 Å². The van der Waals surface area contributed by atoms with E-state index in [1.54, 1.807) is 0 Å². The van der Waals surface area contributed by atoms with Gasteiger partial charge in [0.15, 0.2) is 0 Å². The van der Waals surface area contributed by atoms with Crippen LogP contribution in [0.4, 0.5) is 0 Å². The van der Waals surface area contributed by atoms with Crippen LogP contribution in [0.5, 0.6) is 0 Å². The first-order valence-electron chi connectivity index (χ1n) is 6.18. The van der Waals surface area contributed by atoms with Gasteiger partial charge in [0, 0.05) is 30.8 Å². The Morgan fingerprint density at radius 2 is 2.31 bits per heavy atom. The summed E-state index contributed by atoms with van der Waals surface area (Å²) in [5, 5.41) is 6.67. The maximum absolute atomic E-state index is 11.1. The molecule has 92 valence electrons. The highest BCUT2D eigenvalue weighted by Crippen LogP contribution is 2.34. The summed E-state index contributed by atoms with van der Waals surface area (Å²) in [4.78, 5) is 11.1. The van der Waals surface area contributed by atoms with Crippen molar-refractivity contribution in [2.24, 2.45) is 5.41 Å². The Balaban J connectivity index is 1.86. The van der Waals surface area contributed by atoms with Crippen LogP contribution in [0.2, 0.25) is 0 Å². The smallest absolute Gasteiger partial charge is 0.220 e. The number of thioether (sulfide) groups is 1. The molecule has 2 N–H and O–H groups in total. The second-order valence-electron chi connectivity index (χ2n) is 5.57. The molecule has 2 aliphatic heterocycles.